The van der Waals surface area contributed by atoms with Gasteiger partial charge in [-0.1, -0.05) is 31.2 Å². The Morgan fingerprint density at radius 1 is 1.43 bits per heavy atom. The molecule has 0 aliphatic heterocycles. The van der Waals surface area contributed by atoms with E-state index in [1.807, 2.05) is 17.2 Å². The molecule has 0 N–H and O–H groups in total. The normalized spacial score (nSPS) is 11.6. The average molecular weight is 302 g/mol. The molecule has 0 aliphatic carbocycles. The van der Waals surface area contributed by atoms with E-state index in [0.717, 1.165) is 12.3 Å². The smallest absolute Gasteiger partial charge is 0.139 e. The number of hydrogen-bond donors (Lipinski definition) is 0. The molecule has 14 heavy (non-hydrogen) atoms. The number of nitrogens with zero attached hydrogens (tertiary/aromatic N) is 2. The van der Waals surface area contributed by atoms with Crippen LogP contribution in [-0.4, -0.2) is 23.0 Å². The SMILES string of the molecule is CCc1ccccc1/C(=N\C)N(C)I. The van der Waals surface area contributed by atoms with E-state index >= 15 is 0 Å². The number of hydrogen-bond acceptors (Lipinski definition) is 1. The molecule has 0 fully saturated rings. The molecular formula is C11H15IN2. The Kier molecular flexibility index (Phi) is 4.38. The lowest BCUT2D eigenvalue weighted by Crippen LogP contribution is -2.18. The highest BCUT2D eigenvalue weighted by Gasteiger charge is 2.09. The number of benzene rings is 1. The molecule has 0 aromatic heterocycles. The molecule has 1 aromatic rings. The summed E-state index contributed by atoms with van der Waals surface area (Å²) in [5.41, 5.74) is 2.58. The third kappa shape index (κ3) is 2.47. The van der Waals surface area contributed by atoms with E-state index in [4.69, 9.17) is 0 Å². The molecule has 0 amide bonds. The van der Waals surface area contributed by atoms with E-state index in [1.165, 1.54) is 11.1 Å². The second-order valence-corrected chi connectivity index (χ2v) is 4.48. The van der Waals surface area contributed by atoms with E-state index < -0.39 is 0 Å². The minimum Gasteiger partial charge on any atom is -0.302 e. The van der Waals surface area contributed by atoms with Crippen molar-refractivity contribution in [3.05, 3.63) is 35.4 Å². The van der Waals surface area contributed by atoms with Gasteiger partial charge in [-0.05, 0) is 12.0 Å². The van der Waals surface area contributed by atoms with Gasteiger partial charge in [-0.15, -0.1) is 0 Å². The van der Waals surface area contributed by atoms with Crippen LogP contribution in [0.5, 0.6) is 0 Å². The van der Waals surface area contributed by atoms with Gasteiger partial charge in [0.1, 0.15) is 5.84 Å². The minimum atomic E-state index is 1.03. The van der Waals surface area contributed by atoms with E-state index in [2.05, 4.69) is 59.0 Å². The summed E-state index contributed by atoms with van der Waals surface area (Å²) >= 11 is 2.24. The van der Waals surface area contributed by atoms with Crippen LogP contribution < -0.4 is 0 Å². The first-order chi connectivity index (χ1) is 6.70. The van der Waals surface area contributed by atoms with Gasteiger partial charge in [-0.25, -0.2) is 0 Å². The quantitative estimate of drug-likeness (QED) is 0.355. The van der Waals surface area contributed by atoms with Crippen molar-refractivity contribution >= 4 is 28.7 Å². The summed E-state index contributed by atoms with van der Waals surface area (Å²) in [6.45, 7) is 2.17. The summed E-state index contributed by atoms with van der Waals surface area (Å²) in [6.07, 6.45) is 1.04. The van der Waals surface area contributed by atoms with Gasteiger partial charge in [0.05, 0.1) is 22.9 Å². The van der Waals surface area contributed by atoms with Crippen molar-refractivity contribution in [2.75, 3.05) is 14.1 Å². The van der Waals surface area contributed by atoms with Crippen LogP contribution in [0.15, 0.2) is 29.3 Å². The van der Waals surface area contributed by atoms with E-state index in [-0.39, 0.29) is 0 Å². The summed E-state index contributed by atoms with van der Waals surface area (Å²) in [4.78, 5) is 4.30. The molecule has 0 radical (unpaired) electrons. The highest BCUT2D eigenvalue weighted by Crippen LogP contribution is 2.14. The molecule has 3 heteroatoms. The zero-order valence-electron chi connectivity index (χ0n) is 8.79. The second-order valence-electron chi connectivity index (χ2n) is 3.04. The molecule has 0 heterocycles. The van der Waals surface area contributed by atoms with Gasteiger partial charge in [-0.2, -0.15) is 0 Å². The Morgan fingerprint density at radius 3 is 2.57 bits per heavy atom. The molecule has 76 valence electrons. The van der Waals surface area contributed by atoms with E-state index in [9.17, 15) is 0 Å². The summed E-state index contributed by atoms with van der Waals surface area (Å²) in [5, 5.41) is 0. The largest absolute Gasteiger partial charge is 0.302 e. The maximum atomic E-state index is 4.30. The van der Waals surface area contributed by atoms with Crippen LogP contribution in [0, 0.1) is 0 Å². The van der Waals surface area contributed by atoms with E-state index in [1.54, 1.807) is 0 Å². The zero-order valence-corrected chi connectivity index (χ0v) is 10.9. The fourth-order valence-corrected chi connectivity index (χ4v) is 1.95. The lowest BCUT2D eigenvalue weighted by molar-refractivity contribution is 0.896. The number of aryl methyl sites for hydroxylation is 1. The molecule has 0 unspecified atom stereocenters. The van der Waals surface area contributed by atoms with Crippen LogP contribution >= 0.6 is 22.9 Å². The van der Waals surface area contributed by atoms with Crippen molar-refractivity contribution < 1.29 is 0 Å². The summed E-state index contributed by atoms with van der Waals surface area (Å²) in [6, 6.07) is 8.40. The van der Waals surface area contributed by atoms with Gasteiger partial charge in [0.2, 0.25) is 0 Å². The maximum absolute atomic E-state index is 4.30. The monoisotopic (exact) mass is 302 g/mol. The Hall–Kier alpha value is -0.580. The Bertz CT molecular complexity index is 332. The van der Waals surface area contributed by atoms with Crippen molar-refractivity contribution in [2.45, 2.75) is 13.3 Å². The van der Waals surface area contributed by atoms with Crippen LogP contribution in [-0.2, 0) is 6.42 Å². The molecular weight excluding hydrogens is 287 g/mol. The molecule has 0 bridgehead atoms. The second kappa shape index (κ2) is 5.34. The minimum absolute atomic E-state index is 1.03. The van der Waals surface area contributed by atoms with Crippen molar-refractivity contribution in [2.24, 2.45) is 4.99 Å². The van der Waals surface area contributed by atoms with Crippen molar-refractivity contribution in [3.8, 4) is 0 Å². The number of rotatable bonds is 2. The van der Waals surface area contributed by atoms with Crippen molar-refractivity contribution in [1.82, 2.24) is 3.11 Å². The highest BCUT2D eigenvalue weighted by molar-refractivity contribution is 14.1. The highest BCUT2D eigenvalue weighted by atomic mass is 127. The van der Waals surface area contributed by atoms with Crippen LogP contribution in [0.25, 0.3) is 0 Å². The summed E-state index contributed by atoms with van der Waals surface area (Å²) in [7, 11) is 3.84. The molecule has 0 spiro atoms. The van der Waals surface area contributed by atoms with Crippen molar-refractivity contribution in [3.63, 3.8) is 0 Å². The summed E-state index contributed by atoms with van der Waals surface area (Å²) < 4.78 is 2.02. The van der Waals surface area contributed by atoms with Gasteiger partial charge in [0, 0.05) is 19.7 Å². The standard InChI is InChI=1S/C11H15IN2/c1-4-9-7-5-6-8-10(9)11(13-2)14(3)12/h5-8H,4H2,1-3H3/b13-11+. The average Bonchev–Trinajstić information content (AvgIpc) is 2.19. The Balaban J connectivity index is 3.16. The Morgan fingerprint density at radius 2 is 2.07 bits per heavy atom. The molecule has 0 atom stereocenters. The third-order valence-electron chi connectivity index (χ3n) is 2.14. The fraction of sp³-hybridized carbons (Fsp3) is 0.364. The van der Waals surface area contributed by atoms with Gasteiger partial charge in [0.25, 0.3) is 0 Å². The molecule has 1 aromatic carbocycles. The first-order valence-electron chi connectivity index (χ1n) is 4.65. The maximum Gasteiger partial charge on any atom is 0.139 e. The lowest BCUT2D eigenvalue weighted by atomic mass is 10.0. The topological polar surface area (TPSA) is 15.6 Å². The van der Waals surface area contributed by atoms with Gasteiger partial charge < -0.3 is 3.11 Å². The predicted molar refractivity (Wildman–Crippen MR) is 70.1 cm³/mol. The van der Waals surface area contributed by atoms with Gasteiger partial charge in [-0.3, -0.25) is 4.99 Å². The van der Waals surface area contributed by atoms with Gasteiger partial charge >= 0.3 is 0 Å². The number of halogens is 1. The molecule has 2 nitrogen and oxygen atoms in total. The molecule has 0 aliphatic rings. The molecule has 0 saturated heterocycles. The van der Waals surface area contributed by atoms with Crippen LogP contribution in [0.3, 0.4) is 0 Å². The van der Waals surface area contributed by atoms with Crippen LogP contribution in [0.1, 0.15) is 18.1 Å². The van der Waals surface area contributed by atoms with Crippen molar-refractivity contribution in [1.29, 1.82) is 0 Å². The van der Waals surface area contributed by atoms with Crippen LogP contribution in [0.4, 0.5) is 0 Å². The first-order valence-corrected chi connectivity index (χ1v) is 5.61. The van der Waals surface area contributed by atoms with Crippen LogP contribution in [0.2, 0.25) is 0 Å². The fourth-order valence-electron chi connectivity index (χ4n) is 1.47. The zero-order chi connectivity index (χ0) is 10.6. The predicted octanol–water partition coefficient (Wildman–Crippen LogP) is 2.91. The number of amidine groups is 1. The summed E-state index contributed by atoms with van der Waals surface area (Å²) in [5.74, 6) is 1.03. The van der Waals surface area contributed by atoms with Gasteiger partial charge in [0.15, 0.2) is 0 Å². The lowest BCUT2D eigenvalue weighted by Gasteiger charge is -2.15. The first kappa shape index (κ1) is 11.5. The third-order valence-corrected chi connectivity index (χ3v) is 2.60. The molecule has 0 saturated carbocycles. The number of aliphatic imine (C=N–C) groups is 1. The van der Waals surface area contributed by atoms with E-state index in [0.29, 0.717) is 0 Å². The molecule has 1 rings (SSSR count). The Labute approximate surface area is 99.5 Å².